The van der Waals surface area contributed by atoms with Gasteiger partial charge in [-0.1, -0.05) is 25.1 Å². The number of hydrogen-bond donors (Lipinski definition) is 2. The van der Waals surface area contributed by atoms with Crippen LogP contribution in [0.1, 0.15) is 49.6 Å². The molecule has 1 aromatic carbocycles. The van der Waals surface area contributed by atoms with Crippen LogP contribution in [0, 0.1) is 0 Å². The summed E-state index contributed by atoms with van der Waals surface area (Å²) in [7, 11) is 0. The summed E-state index contributed by atoms with van der Waals surface area (Å²) in [5, 5.41) is 5.49. The van der Waals surface area contributed by atoms with E-state index in [4.69, 9.17) is 4.74 Å². The van der Waals surface area contributed by atoms with Gasteiger partial charge in [0.1, 0.15) is 11.6 Å². The normalized spacial score (nSPS) is 17.1. The zero-order valence-electron chi connectivity index (χ0n) is 14.7. The predicted octanol–water partition coefficient (Wildman–Crippen LogP) is 3.32. The first-order chi connectivity index (χ1) is 12.0. The Balaban J connectivity index is 2.13. The fourth-order valence-corrected chi connectivity index (χ4v) is 4.07. The molecule has 1 aliphatic heterocycles. The third-order valence-electron chi connectivity index (χ3n) is 4.04. The van der Waals surface area contributed by atoms with Crippen molar-refractivity contribution in [2.45, 2.75) is 38.5 Å². The Morgan fingerprint density at radius 1 is 1.32 bits per heavy atom. The summed E-state index contributed by atoms with van der Waals surface area (Å²) in [4.78, 5) is 24.8. The number of rotatable bonds is 5. The highest BCUT2D eigenvalue weighted by atomic mass is 32.2. The van der Waals surface area contributed by atoms with Crippen molar-refractivity contribution >= 4 is 23.5 Å². The number of benzene rings is 1. The molecule has 3 rings (SSSR count). The first kappa shape index (κ1) is 17.7. The Morgan fingerprint density at radius 2 is 2.08 bits per heavy atom. The first-order valence-corrected chi connectivity index (χ1v) is 9.55. The van der Waals surface area contributed by atoms with Gasteiger partial charge in [-0.2, -0.15) is 0 Å². The molecule has 0 unspecified atom stereocenters. The molecule has 0 saturated carbocycles. The molecule has 0 saturated heterocycles. The van der Waals surface area contributed by atoms with Gasteiger partial charge < -0.3 is 10.1 Å². The summed E-state index contributed by atoms with van der Waals surface area (Å²) in [6.45, 7) is 6.60. The van der Waals surface area contributed by atoms with Gasteiger partial charge in [0, 0.05) is 11.6 Å². The van der Waals surface area contributed by atoms with Gasteiger partial charge >= 0.3 is 0 Å². The maximum Gasteiger partial charge on any atom is 0.270 e. The molecule has 1 aliphatic rings. The lowest BCUT2D eigenvalue weighted by Crippen LogP contribution is -2.17. The summed E-state index contributed by atoms with van der Waals surface area (Å²) < 4.78 is 7.60. The Hall–Kier alpha value is -2.15. The van der Waals surface area contributed by atoms with Crippen molar-refractivity contribution in [3.8, 4) is 5.75 Å². The van der Waals surface area contributed by atoms with Gasteiger partial charge in [0.15, 0.2) is 0 Å². The van der Waals surface area contributed by atoms with E-state index < -0.39 is 0 Å². The molecule has 2 aromatic rings. The Kier molecular flexibility index (Phi) is 5.22. The van der Waals surface area contributed by atoms with Gasteiger partial charge in [0.25, 0.3) is 5.56 Å². The number of nitrogens with one attached hydrogen (secondary N) is 2. The highest BCUT2D eigenvalue weighted by Gasteiger charge is 2.32. The number of hydrogen-bond acceptors (Lipinski definition) is 4. The molecule has 0 spiro atoms. The molecule has 0 fully saturated rings. The number of aromatic amines is 1. The summed E-state index contributed by atoms with van der Waals surface area (Å²) in [5.74, 6) is 1.51. The maximum atomic E-state index is 12.7. The van der Waals surface area contributed by atoms with Crippen molar-refractivity contribution in [3.05, 3.63) is 45.7 Å². The van der Waals surface area contributed by atoms with Gasteiger partial charge in [0.05, 0.1) is 23.2 Å². The zero-order valence-corrected chi connectivity index (χ0v) is 15.5. The summed E-state index contributed by atoms with van der Waals surface area (Å²) in [5.41, 5.74) is 1.33. The first-order valence-electron chi connectivity index (χ1n) is 8.50. The molecule has 6 nitrogen and oxygen atoms in total. The third-order valence-corrected chi connectivity index (χ3v) is 5.30. The molecule has 7 heteroatoms. The molecule has 1 atom stereocenters. The lowest BCUT2D eigenvalue weighted by Gasteiger charge is -2.18. The van der Waals surface area contributed by atoms with E-state index in [-0.39, 0.29) is 22.8 Å². The minimum Gasteiger partial charge on any atom is -0.493 e. The van der Waals surface area contributed by atoms with Crippen LogP contribution in [0.2, 0.25) is 0 Å². The fourth-order valence-electron chi connectivity index (χ4n) is 2.92. The summed E-state index contributed by atoms with van der Waals surface area (Å²) in [6, 6.07) is 7.77. The Bertz CT molecular complexity index is 825. The van der Waals surface area contributed by atoms with Crippen molar-refractivity contribution in [1.82, 2.24) is 9.78 Å². The maximum absolute atomic E-state index is 12.7. The van der Waals surface area contributed by atoms with E-state index in [9.17, 15) is 9.59 Å². The van der Waals surface area contributed by atoms with Gasteiger partial charge in [-0.15, -0.1) is 11.8 Å². The number of para-hydroxylation sites is 1. The number of amides is 1. The number of anilines is 1. The molecular formula is C18H23N3O3S. The van der Waals surface area contributed by atoms with Crippen LogP contribution < -0.4 is 15.6 Å². The van der Waals surface area contributed by atoms with Crippen LogP contribution >= 0.6 is 11.8 Å². The number of nitrogens with zero attached hydrogens (tertiary/aromatic N) is 1. The van der Waals surface area contributed by atoms with E-state index >= 15 is 0 Å². The van der Waals surface area contributed by atoms with E-state index in [1.54, 1.807) is 4.68 Å². The number of aromatic nitrogens is 2. The average molecular weight is 361 g/mol. The van der Waals surface area contributed by atoms with Crippen molar-refractivity contribution < 1.29 is 9.53 Å². The SMILES string of the molecule is CCCOc1ccccc1[C@H]1SCC(=O)Nc2c1c(=O)[nH]n2C(C)C. The molecule has 0 radical (unpaired) electrons. The molecule has 1 amide bonds. The van der Waals surface area contributed by atoms with Crippen LogP contribution in [0.25, 0.3) is 0 Å². The standard InChI is InChI=1S/C18H23N3O3S/c1-4-9-24-13-8-6-5-7-12(13)16-15-17(19-14(22)10-25-16)21(11(2)3)20-18(15)23/h5-8,11,16H,4,9-10H2,1-3H3,(H,19,22)(H,20,23)/t16-/m1/s1. The average Bonchev–Trinajstić information content (AvgIpc) is 2.80. The van der Waals surface area contributed by atoms with Gasteiger partial charge in [-0.05, 0) is 26.3 Å². The largest absolute Gasteiger partial charge is 0.493 e. The predicted molar refractivity (Wildman–Crippen MR) is 101 cm³/mol. The van der Waals surface area contributed by atoms with E-state index in [0.29, 0.717) is 23.7 Å². The smallest absolute Gasteiger partial charge is 0.270 e. The van der Waals surface area contributed by atoms with Gasteiger partial charge in [-0.3, -0.25) is 19.4 Å². The number of thioether (sulfide) groups is 1. The number of carbonyl (C=O) groups is 1. The fraction of sp³-hybridized carbons (Fsp3) is 0.444. The van der Waals surface area contributed by atoms with E-state index in [1.807, 2.05) is 38.1 Å². The van der Waals surface area contributed by atoms with E-state index in [1.165, 1.54) is 11.8 Å². The molecule has 134 valence electrons. The van der Waals surface area contributed by atoms with E-state index in [0.717, 1.165) is 17.7 Å². The molecule has 2 heterocycles. The number of H-pyrrole nitrogens is 1. The second-order valence-electron chi connectivity index (χ2n) is 6.29. The van der Waals surface area contributed by atoms with Crippen LogP contribution in [0.15, 0.2) is 29.1 Å². The second-order valence-corrected chi connectivity index (χ2v) is 7.39. The number of carbonyl (C=O) groups excluding carboxylic acids is 1. The zero-order chi connectivity index (χ0) is 18.0. The quantitative estimate of drug-likeness (QED) is 0.856. The molecule has 2 N–H and O–H groups in total. The summed E-state index contributed by atoms with van der Waals surface area (Å²) >= 11 is 1.45. The summed E-state index contributed by atoms with van der Waals surface area (Å²) in [6.07, 6.45) is 0.905. The van der Waals surface area contributed by atoms with Crippen LogP contribution in [0.5, 0.6) is 5.75 Å². The van der Waals surface area contributed by atoms with Crippen molar-refractivity contribution in [2.24, 2.45) is 0 Å². The van der Waals surface area contributed by atoms with Crippen LogP contribution in [0.3, 0.4) is 0 Å². The van der Waals surface area contributed by atoms with Gasteiger partial charge in [-0.25, -0.2) is 0 Å². The van der Waals surface area contributed by atoms with Crippen LogP contribution in [-0.4, -0.2) is 28.0 Å². The van der Waals surface area contributed by atoms with E-state index in [2.05, 4.69) is 17.3 Å². The van der Waals surface area contributed by atoms with Crippen molar-refractivity contribution in [3.63, 3.8) is 0 Å². The second kappa shape index (κ2) is 7.39. The minimum atomic E-state index is -0.259. The van der Waals surface area contributed by atoms with Crippen LogP contribution in [-0.2, 0) is 4.79 Å². The van der Waals surface area contributed by atoms with Gasteiger partial charge in [0.2, 0.25) is 5.91 Å². The minimum absolute atomic E-state index is 0.0343. The monoisotopic (exact) mass is 361 g/mol. The topological polar surface area (TPSA) is 76.1 Å². The molecular weight excluding hydrogens is 338 g/mol. The lowest BCUT2D eigenvalue weighted by atomic mass is 10.0. The van der Waals surface area contributed by atoms with Crippen LogP contribution in [0.4, 0.5) is 5.82 Å². The number of fused-ring (bicyclic) bond motifs is 1. The Labute approximate surface area is 150 Å². The molecule has 1 aromatic heterocycles. The highest BCUT2D eigenvalue weighted by Crippen LogP contribution is 2.43. The third kappa shape index (κ3) is 3.46. The lowest BCUT2D eigenvalue weighted by molar-refractivity contribution is -0.113. The number of ether oxygens (including phenoxy) is 1. The van der Waals surface area contributed by atoms with Crippen molar-refractivity contribution in [2.75, 3.05) is 17.7 Å². The molecule has 25 heavy (non-hydrogen) atoms. The highest BCUT2D eigenvalue weighted by molar-refractivity contribution is 8.00. The molecule has 0 aliphatic carbocycles. The Morgan fingerprint density at radius 3 is 2.80 bits per heavy atom. The van der Waals surface area contributed by atoms with Crippen molar-refractivity contribution in [1.29, 1.82) is 0 Å². The molecule has 0 bridgehead atoms.